The second-order valence-electron chi connectivity index (χ2n) is 1.73. The smallest absolute Gasteiger partial charge is 0.402 e. The maximum Gasteiger partial charge on any atom is 0.636 e. The second kappa shape index (κ2) is 2.45. The van der Waals surface area contributed by atoms with Gasteiger partial charge in [-0.15, -0.1) is 0 Å². The minimum absolute atomic E-state index is 0.0848. The summed E-state index contributed by atoms with van der Waals surface area (Å²) in [6.45, 7) is 0.752. The molecule has 0 saturated carbocycles. The Morgan fingerprint density at radius 2 is 2.00 bits per heavy atom. The third-order valence-electron chi connectivity index (χ3n) is 0.906. The molecule has 0 bridgehead atoms. The van der Waals surface area contributed by atoms with E-state index in [9.17, 15) is 0 Å². The van der Waals surface area contributed by atoms with Gasteiger partial charge in [-0.3, -0.25) is 0 Å². The van der Waals surface area contributed by atoms with Crippen molar-refractivity contribution in [1.82, 2.24) is 0 Å². The summed E-state index contributed by atoms with van der Waals surface area (Å²) in [6.07, 6.45) is 0. The number of hydrogen-bond donors (Lipinski definition) is 2. The minimum Gasteiger partial charge on any atom is -0.402 e. The van der Waals surface area contributed by atoms with Gasteiger partial charge in [0.2, 0.25) is 0 Å². The van der Waals surface area contributed by atoms with E-state index in [0.717, 1.165) is 0 Å². The molecule has 4 nitrogen and oxygen atoms in total. The van der Waals surface area contributed by atoms with E-state index in [1.165, 1.54) is 0 Å². The van der Waals surface area contributed by atoms with Crippen LogP contribution in [0.25, 0.3) is 0 Å². The van der Waals surface area contributed by atoms with Crippen molar-refractivity contribution in [3.05, 3.63) is 0 Å². The fourth-order valence-corrected chi connectivity index (χ4v) is 0.508. The molecule has 0 aromatic carbocycles. The van der Waals surface area contributed by atoms with Crippen LogP contribution in [0.15, 0.2) is 0 Å². The summed E-state index contributed by atoms with van der Waals surface area (Å²) >= 11 is 0. The molecule has 1 fully saturated rings. The number of hydrogen-bond acceptors (Lipinski definition) is 4. The van der Waals surface area contributed by atoms with Crippen LogP contribution in [-0.2, 0) is 9.31 Å². The monoisotopic (exact) mass is 117 g/mol. The fraction of sp³-hybridized carbons (Fsp3) is 1.00. The van der Waals surface area contributed by atoms with Crippen molar-refractivity contribution >= 4 is 7.32 Å². The third kappa shape index (κ3) is 1.45. The van der Waals surface area contributed by atoms with Crippen LogP contribution >= 0.6 is 0 Å². The Balaban J connectivity index is 2.19. The normalized spacial score (nSPS) is 24.0. The lowest BCUT2D eigenvalue weighted by Crippen LogP contribution is -2.43. The van der Waals surface area contributed by atoms with Gasteiger partial charge in [-0.1, -0.05) is 0 Å². The molecule has 1 aliphatic rings. The first-order valence-electron chi connectivity index (χ1n) is 2.46. The molecule has 0 atom stereocenters. The van der Waals surface area contributed by atoms with Gasteiger partial charge >= 0.3 is 7.32 Å². The highest BCUT2D eigenvalue weighted by molar-refractivity contribution is 6.34. The highest BCUT2D eigenvalue weighted by Crippen LogP contribution is 1.95. The van der Waals surface area contributed by atoms with Crippen LogP contribution in [0.3, 0.4) is 0 Å². The van der Waals surface area contributed by atoms with Gasteiger partial charge in [0.1, 0.15) is 0 Å². The van der Waals surface area contributed by atoms with Gasteiger partial charge in [-0.2, -0.15) is 0 Å². The Labute approximate surface area is 47.8 Å². The van der Waals surface area contributed by atoms with Crippen LogP contribution < -0.4 is 5.73 Å². The zero-order chi connectivity index (χ0) is 5.98. The van der Waals surface area contributed by atoms with Crippen LogP contribution in [0.5, 0.6) is 0 Å². The van der Waals surface area contributed by atoms with E-state index in [0.29, 0.717) is 13.2 Å². The first-order chi connectivity index (χ1) is 3.79. The average molecular weight is 117 g/mol. The summed E-state index contributed by atoms with van der Waals surface area (Å²) < 4.78 is 9.20. The van der Waals surface area contributed by atoms with Gasteiger partial charge in [0.15, 0.2) is 0 Å². The molecule has 1 heterocycles. The summed E-state index contributed by atoms with van der Waals surface area (Å²) in [5.41, 5.74) is 5.34. The van der Waals surface area contributed by atoms with E-state index < -0.39 is 7.32 Å². The lowest BCUT2D eigenvalue weighted by atomic mass is 10.2. The second-order valence-corrected chi connectivity index (χ2v) is 1.73. The molecule has 1 aliphatic heterocycles. The molecule has 46 valence electrons. The van der Waals surface area contributed by atoms with Crippen molar-refractivity contribution < 1.29 is 14.3 Å². The first-order valence-corrected chi connectivity index (χ1v) is 2.46. The van der Waals surface area contributed by atoms with Crippen molar-refractivity contribution in [3.63, 3.8) is 0 Å². The lowest BCUT2D eigenvalue weighted by Gasteiger charge is -2.19. The van der Waals surface area contributed by atoms with Crippen molar-refractivity contribution in [1.29, 1.82) is 0 Å². The summed E-state index contributed by atoms with van der Waals surface area (Å²) in [7, 11) is -1.06. The Morgan fingerprint density at radius 3 is 2.38 bits per heavy atom. The molecule has 5 heteroatoms. The molecule has 0 spiro atoms. The van der Waals surface area contributed by atoms with E-state index in [1.54, 1.807) is 0 Å². The van der Waals surface area contributed by atoms with E-state index in [4.69, 9.17) is 10.8 Å². The molecule has 0 amide bonds. The zero-order valence-corrected chi connectivity index (χ0v) is 4.41. The largest absolute Gasteiger partial charge is 0.636 e. The molecule has 1 rings (SSSR count). The van der Waals surface area contributed by atoms with Crippen LogP contribution in [0.1, 0.15) is 0 Å². The standard InChI is InChI=1S/C3H8BNO3/c5-3-1-7-4(6)8-2-3/h3,6H,1-2,5H2. The highest BCUT2D eigenvalue weighted by atomic mass is 16.7. The van der Waals surface area contributed by atoms with Gasteiger partial charge in [0.05, 0.1) is 13.2 Å². The van der Waals surface area contributed by atoms with Gasteiger partial charge in [-0.05, 0) is 0 Å². The zero-order valence-electron chi connectivity index (χ0n) is 4.41. The average Bonchev–Trinajstić information content (AvgIpc) is 1.77. The van der Waals surface area contributed by atoms with Crippen molar-refractivity contribution in [2.75, 3.05) is 13.2 Å². The molecular weight excluding hydrogens is 109 g/mol. The van der Waals surface area contributed by atoms with Crippen LogP contribution in [0.4, 0.5) is 0 Å². The topological polar surface area (TPSA) is 64.7 Å². The summed E-state index contributed by atoms with van der Waals surface area (Å²) in [5, 5.41) is 8.53. The van der Waals surface area contributed by atoms with Crippen molar-refractivity contribution in [2.45, 2.75) is 6.04 Å². The quantitative estimate of drug-likeness (QED) is 0.372. The Morgan fingerprint density at radius 1 is 1.50 bits per heavy atom. The maximum absolute atomic E-state index is 8.53. The van der Waals surface area contributed by atoms with Gasteiger partial charge in [-0.25, -0.2) is 0 Å². The fourth-order valence-electron chi connectivity index (χ4n) is 0.508. The van der Waals surface area contributed by atoms with Gasteiger partial charge < -0.3 is 20.1 Å². The number of nitrogens with two attached hydrogens (primary N) is 1. The van der Waals surface area contributed by atoms with E-state index in [2.05, 4.69) is 9.31 Å². The van der Waals surface area contributed by atoms with Gasteiger partial charge in [0.25, 0.3) is 0 Å². The molecule has 0 aromatic rings. The summed E-state index contributed by atoms with van der Waals surface area (Å²) in [5.74, 6) is 0. The molecule has 0 radical (unpaired) electrons. The van der Waals surface area contributed by atoms with Crippen molar-refractivity contribution in [3.8, 4) is 0 Å². The first kappa shape index (κ1) is 6.03. The summed E-state index contributed by atoms with van der Waals surface area (Å²) in [4.78, 5) is 0. The highest BCUT2D eigenvalue weighted by Gasteiger charge is 2.23. The van der Waals surface area contributed by atoms with Crippen LogP contribution in [0.2, 0.25) is 0 Å². The Hall–Kier alpha value is -0.0951. The Bertz CT molecular complexity index is 62.9. The molecule has 1 saturated heterocycles. The molecule has 3 N–H and O–H groups in total. The molecule has 0 unspecified atom stereocenters. The van der Waals surface area contributed by atoms with Gasteiger partial charge in [0, 0.05) is 6.04 Å². The lowest BCUT2D eigenvalue weighted by molar-refractivity contribution is 0.0672. The van der Waals surface area contributed by atoms with E-state index in [1.807, 2.05) is 0 Å². The Kier molecular flexibility index (Phi) is 1.85. The predicted octanol–water partition coefficient (Wildman–Crippen LogP) is -1.66. The summed E-state index contributed by atoms with van der Waals surface area (Å²) in [6, 6.07) is -0.0848. The molecule has 0 aliphatic carbocycles. The predicted molar refractivity (Wildman–Crippen MR) is 27.9 cm³/mol. The molecule has 8 heavy (non-hydrogen) atoms. The van der Waals surface area contributed by atoms with Crippen LogP contribution in [-0.4, -0.2) is 31.6 Å². The molecular formula is C3H8BNO3. The molecule has 0 aromatic heterocycles. The van der Waals surface area contributed by atoms with Crippen molar-refractivity contribution in [2.24, 2.45) is 5.73 Å². The SMILES string of the molecule is NC1COB(O)OC1. The van der Waals surface area contributed by atoms with E-state index in [-0.39, 0.29) is 6.04 Å². The minimum atomic E-state index is -1.06. The third-order valence-corrected chi connectivity index (χ3v) is 0.906. The van der Waals surface area contributed by atoms with E-state index >= 15 is 0 Å². The maximum atomic E-state index is 8.53. The van der Waals surface area contributed by atoms with Crippen LogP contribution in [0, 0.1) is 0 Å². The number of rotatable bonds is 0.